The summed E-state index contributed by atoms with van der Waals surface area (Å²) in [7, 11) is 0. The zero-order valence-corrected chi connectivity index (χ0v) is 16.5. The number of amides is 1. The summed E-state index contributed by atoms with van der Waals surface area (Å²) in [6.45, 7) is 7.90. The van der Waals surface area contributed by atoms with Crippen molar-refractivity contribution < 1.29 is 9.32 Å². The van der Waals surface area contributed by atoms with E-state index in [0.29, 0.717) is 5.56 Å². The molecule has 8 heteroatoms. The van der Waals surface area contributed by atoms with Crippen LogP contribution < -0.4 is 4.90 Å². The van der Waals surface area contributed by atoms with Crippen LogP contribution in [0.15, 0.2) is 35.0 Å². The van der Waals surface area contributed by atoms with E-state index in [-0.39, 0.29) is 5.91 Å². The normalized spacial score (nSPS) is 17.8. The zero-order valence-electron chi connectivity index (χ0n) is 16.5. The fraction of sp³-hybridized carbons (Fsp3) is 0.429. The number of anilines is 1. The first kappa shape index (κ1) is 18.1. The van der Waals surface area contributed by atoms with Crippen LogP contribution in [0.3, 0.4) is 0 Å². The number of fused-ring (bicyclic) bond motifs is 2. The summed E-state index contributed by atoms with van der Waals surface area (Å²) in [6, 6.07) is 7.98. The predicted octanol–water partition coefficient (Wildman–Crippen LogP) is 1.75. The molecule has 150 valence electrons. The maximum atomic E-state index is 12.7. The van der Waals surface area contributed by atoms with Gasteiger partial charge in [-0.3, -0.25) is 9.69 Å². The smallest absolute Gasteiger partial charge is 0.257 e. The number of rotatable bonds is 4. The first-order valence-corrected chi connectivity index (χ1v) is 10.1. The molecule has 3 aromatic rings. The molecule has 0 unspecified atom stereocenters. The Morgan fingerprint density at radius 2 is 1.90 bits per heavy atom. The lowest BCUT2D eigenvalue weighted by Crippen LogP contribution is -2.50. The number of hydrogen-bond donors (Lipinski definition) is 0. The fourth-order valence-corrected chi connectivity index (χ4v) is 4.16. The van der Waals surface area contributed by atoms with Crippen LogP contribution in [0.1, 0.15) is 21.9 Å². The van der Waals surface area contributed by atoms with E-state index in [2.05, 4.69) is 31.0 Å². The second-order valence-electron chi connectivity index (χ2n) is 7.65. The summed E-state index contributed by atoms with van der Waals surface area (Å²) in [5, 5.41) is 5.33. The van der Waals surface area contributed by atoms with E-state index in [4.69, 9.17) is 4.52 Å². The van der Waals surface area contributed by atoms with E-state index >= 15 is 0 Å². The molecule has 0 aliphatic carbocycles. The predicted molar refractivity (Wildman–Crippen MR) is 109 cm³/mol. The van der Waals surface area contributed by atoms with Gasteiger partial charge < -0.3 is 14.3 Å². The fourth-order valence-electron chi connectivity index (χ4n) is 4.16. The molecule has 2 aliphatic rings. The van der Waals surface area contributed by atoms with Crippen molar-refractivity contribution in [2.24, 2.45) is 0 Å². The summed E-state index contributed by atoms with van der Waals surface area (Å²) in [5.41, 5.74) is 2.37. The molecule has 0 N–H and O–H groups in total. The van der Waals surface area contributed by atoms with Crippen LogP contribution in [0.4, 0.5) is 5.82 Å². The van der Waals surface area contributed by atoms with E-state index in [1.54, 1.807) is 6.20 Å². The summed E-state index contributed by atoms with van der Waals surface area (Å²) >= 11 is 0. The number of para-hydroxylation sites is 1. The molecular formula is C21H24N6O2. The summed E-state index contributed by atoms with van der Waals surface area (Å²) in [4.78, 5) is 28.0. The molecule has 29 heavy (non-hydrogen) atoms. The minimum absolute atomic E-state index is 0.0546. The van der Waals surface area contributed by atoms with Gasteiger partial charge in [0.1, 0.15) is 5.82 Å². The van der Waals surface area contributed by atoms with Crippen molar-refractivity contribution in [2.75, 3.05) is 50.7 Å². The summed E-state index contributed by atoms with van der Waals surface area (Å²) < 4.78 is 5.44. The number of nitrogens with zero attached hydrogens (tertiary/aromatic N) is 6. The Balaban J connectivity index is 1.17. The van der Waals surface area contributed by atoms with Crippen LogP contribution in [-0.4, -0.2) is 76.6 Å². The van der Waals surface area contributed by atoms with Crippen molar-refractivity contribution in [3.05, 3.63) is 47.5 Å². The second kappa shape index (κ2) is 7.44. The Hall–Kier alpha value is -3.00. The highest BCUT2D eigenvalue weighted by molar-refractivity contribution is 5.96. The lowest BCUT2D eigenvalue weighted by atomic mass is 10.1. The van der Waals surface area contributed by atoms with Crippen molar-refractivity contribution in [2.45, 2.75) is 13.3 Å². The largest absolute Gasteiger partial charge is 0.354 e. The number of aromatic nitrogens is 3. The zero-order chi connectivity index (χ0) is 19.8. The van der Waals surface area contributed by atoms with Gasteiger partial charge in [-0.05, 0) is 19.1 Å². The number of hydrogen-bond acceptors (Lipinski definition) is 7. The molecule has 4 heterocycles. The van der Waals surface area contributed by atoms with Crippen molar-refractivity contribution >= 4 is 22.7 Å². The van der Waals surface area contributed by atoms with Crippen molar-refractivity contribution in [1.82, 2.24) is 24.9 Å². The number of benzene rings is 1. The van der Waals surface area contributed by atoms with E-state index in [1.807, 2.05) is 30.0 Å². The van der Waals surface area contributed by atoms with Gasteiger partial charge >= 0.3 is 0 Å². The van der Waals surface area contributed by atoms with E-state index in [0.717, 1.165) is 80.5 Å². The monoisotopic (exact) mass is 392 g/mol. The first-order chi connectivity index (χ1) is 14.2. The summed E-state index contributed by atoms with van der Waals surface area (Å²) in [6.07, 6.45) is 2.48. The highest BCUT2D eigenvalue weighted by atomic mass is 16.5. The maximum absolute atomic E-state index is 12.7. The Labute approximate surface area is 169 Å². The average Bonchev–Trinajstić information content (AvgIpc) is 3.18. The Morgan fingerprint density at radius 3 is 2.76 bits per heavy atom. The van der Waals surface area contributed by atoms with Crippen LogP contribution in [0.25, 0.3) is 11.0 Å². The molecule has 0 radical (unpaired) electrons. The molecule has 0 saturated carbocycles. The van der Waals surface area contributed by atoms with Crippen LogP contribution in [0, 0.1) is 6.92 Å². The third-order valence-electron chi connectivity index (χ3n) is 5.84. The Kier molecular flexibility index (Phi) is 4.63. The van der Waals surface area contributed by atoms with Crippen LogP contribution in [0.2, 0.25) is 0 Å². The molecule has 1 amide bonds. The van der Waals surface area contributed by atoms with E-state index in [1.165, 1.54) is 0 Å². The molecule has 1 fully saturated rings. The highest BCUT2D eigenvalue weighted by Crippen LogP contribution is 2.26. The van der Waals surface area contributed by atoms with Crippen molar-refractivity contribution in [3.63, 3.8) is 0 Å². The molecule has 1 saturated heterocycles. The van der Waals surface area contributed by atoms with Crippen LogP contribution >= 0.6 is 0 Å². The lowest BCUT2D eigenvalue weighted by molar-refractivity contribution is 0.0714. The van der Waals surface area contributed by atoms with Gasteiger partial charge in [-0.1, -0.05) is 17.3 Å². The minimum Gasteiger partial charge on any atom is -0.354 e. The lowest BCUT2D eigenvalue weighted by Gasteiger charge is -2.36. The van der Waals surface area contributed by atoms with Crippen LogP contribution in [0.5, 0.6) is 0 Å². The molecule has 5 rings (SSSR count). The standard InChI is InChI=1S/C21H24N6O2/c1-15-22-14-17-18(23-15)6-7-27(21(17)28)13-10-25-8-11-26(12-9-25)20-16-4-2-3-5-19(16)29-24-20/h2-5,14H,6-13H2,1H3. The first-order valence-electron chi connectivity index (χ1n) is 10.1. The Morgan fingerprint density at radius 1 is 1.07 bits per heavy atom. The van der Waals surface area contributed by atoms with Crippen molar-refractivity contribution in [1.29, 1.82) is 0 Å². The topological polar surface area (TPSA) is 78.6 Å². The number of aryl methyl sites for hydroxylation is 1. The van der Waals surface area contributed by atoms with Gasteiger partial charge in [0.25, 0.3) is 5.91 Å². The van der Waals surface area contributed by atoms with Gasteiger partial charge in [-0.15, -0.1) is 0 Å². The molecule has 0 bridgehead atoms. The molecule has 0 spiro atoms. The van der Waals surface area contributed by atoms with Crippen molar-refractivity contribution in [3.8, 4) is 0 Å². The van der Waals surface area contributed by atoms with E-state index < -0.39 is 0 Å². The molecule has 8 nitrogen and oxygen atoms in total. The highest BCUT2D eigenvalue weighted by Gasteiger charge is 2.27. The van der Waals surface area contributed by atoms with E-state index in [9.17, 15) is 4.79 Å². The number of piperazine rings is 1. The second-order valence-corrected chi connectivity index (χ2v) is 7.65. The van der Waals surface area contributed by atoms with Gasteiger partial charge in [0, 0.05) is 58.4 Å². The number of carbonyl (C=O) groups is 1. The van der Waals surface area contributed by atoms with Gasteiger partial charge in [0.15, 0.2) is 11.4 Å². The third kappa shape index (κ3) is 3.44. The maximum Gasteiger partial charge on any atom is 0.257 e. The molecule has 2 aromatic heterocycles. The SMILES string of the molecule is Cc1ncc2c(n1)CCN(CCN1CCN(c3noc4ccccc34)CC1)C2=O. The minimum atomic E-state index is 0.0546. The molecular weight excluding hydrogens is 368 g/mol. The third-order valence-corrected chi connectivity index (χ3v) is 5.84. The number of carbonyl (C=O) groups excluding carboxylic acids is 1. The van der Waals surface area contributed by atoms with Gasteiger partial charge in [0.05, 0.1) is 16.6 Å². The Bertz CT molecular complexity index is 1040. The molecule has 0 atom stereocenters. The molecule has 2 aliphatic heterocycles. The van der Waals surface area contributed by atoms with Gasteiger partial charge in [-0.25, -0.2) is 9.97 Å². The van der Waals surface area contributed by atoms with Crippen LogP contribution in [-0.2, 0) is 6.42 Å². The summed E-state index contributed by atoms with van der Waals surface area (Å²) in [5.74, 6) is 1.71. The molecule has 1 aromatic carbocycles. The average molecular weight is 392 g/mol. The van der Waals surface area contributed by atoms with Gasteiger partial charge in [0.2, 0.25) is 0 Å². The van der Waals surface area contributed by atoms with Gasteiger partial charge in [-0.2, -0.15) is 0 Å². The quantitative estimate of drug-likeness (QED) is 0.669.